The van der Waals surface area contributed by atoms with Crippen molar-refractivity contribution in [2.75, 3.05) is 11.9 Å². The smallest absolute Gasteiger partial charge is 0.357 e. The number of nitrogens with zero attached hydrogens (tertiary/aromatic N) is 3. The Hall–Kier alpha value is -2.71. The second kappa shape index (κ2) is 8.32. The molecular weight excluding hydrogens is 388 g/mol. The molecular formula is C18H17ClN4O3S. The maximum atomic E-state index is 12.6. The van der Waals surface area contributed by atoms with Crippen LogP contribution in [0.4, 0.5) is 5.13 Å². The number of anilines is 1. The molecule has 0 aliphatic rings. The fourth-order valence-corrected chi connectivity index (χ4v) is 3.46. The highest BCUT2D eigenvalue weighted by atomic mass is 35.5. The molecule has 0 aliphatic heterocycles. The van der Waals surface area contributed by atoms with Gasteiger partial charge >= 0.3 is 5.97 Å². The van der Waals surface area contributed by atoms with Crippen LogP contribution in [0.3, 0.4) is 0 Å². The minimum Gasteiger partial charge on any atom is -0.461 e. The first-order valence-electron chi connectivity index (χ1n) is 8.20. The third-order valence-electron chi connectivity index (χ3n) is 3.68. The van der Waals surface area contributed by atoms with Crippen LogP contribution in [-0.2, 0) is 11.3 Å². The Morgan fingerprint density at radius 1 is 1.30 bits per heavy atom. The number of halogens is 1. The summed E-state index contributed by atoms with van der Waals surface area (Å²) in [4.78, 5) is 28.4. The van der Waals surface area contributed by atoms with Gasteiger partial charge in [-0.05, 0) is 19.4 Å². The van der Waals surface area contributed by atoms with E-state index in [4.69, 9.17) is 16.3 Å². The summed E-state index contributed by atoms with van der Waals surface area (Å²) in [6.45, 7) is 4.14. The number of nitrogens with one attached hydrogen (secondary N) is 1. The number of hydrogen-bond donors (Lipinski definition) is 1. The van der Waals surface area contributed by atoms with E-state index in [0.717, 1.165) is 16.9 Å². The predicted molar refractivity (Wildman–Crippen MR) is 104 cm³/mol. The summed E-state index contributed by atoms with van der Waals surface area (Å²) in [6, 6.07) is 9.70. The lowest BCUT2D eigenvalue weighted by Gasteiger charge is -2.04. The Bertz CT molecular complexity index is 968. The van der Waals surface area contributed by atoms with Crippen molar-refractivity contribution < 1.29 is 14.3 Å². The number of thiazole rings is 1. The quantitative estimate of drug-likeness (QED) is 0.632. The average Bonchev–Trinajstić information content (AvgIpc) is 3.21. The first-order chi connectivity index (χ1) is 13.0. The van der Waals surface area contributed by atoms with Crippen molar-refractivity contribution in [2.45, 2.75) is 20.4 Å². The van der Waals surface area contributed by atoms with Crippen LogP contribution >= 0.6 is 22.9 Å². The summed E-state index contributed by atoms with van der Waals surface area (Å²) in [7, 11) is 0. The number of rotatable bonds is 6. The van der Waals surface area contributed by atoms with Crippen LogP contribution in [0.5, 0.6) is 0 Å². The van der Waals surface area contributed by atoms with Gasteiger partial charge in [0.1, 0.15) is 5.15 Å². The molecule has 3 rings (SSSR count). The Morgan fingerprint density at radius 3 is 2.74 bits per heavy atom. The standard InChI is InChI=1S/C18H17ClN4O3S/c1-3-26-17(25)13-10-27-18(20-13)21-16(24)14-11(2)22-23(15(14)19)9-12-7-5-4-6-8-12/h4-8,10H,3,9H2,1-2H3,(H,20,21,24). The topological polar surface area (TPSA) is 86.1 Å². The molecule has 0 fully saturated rings. The van der Waals surface area contributed by atoms with Gasteiger partial charge in [0, 0.05) is 5.38 Å². The number of aromatic nitrogens is 3. The summed E-state index contributed by atoms with van der Waals surface area (Å²) < 4.78 is 6.46. The third-order valence-corrected chi connectivity index (χ3v) is 4.82. The number of carbonyl (C=O) groups excluding carboxylic acids is 2. The fourth-order valence-electron chi connectivity index (χ4n) is 2.46. The lowest BCUT2D eigenvalue weighted by molar-refractivity contribution is 0.0520. The predicted octanol–water partition coefficient (Wildman–Crippen LogP) is 3.78. The van der Waals surface area contributed by atoms with Gasteiger partial charge in [0.05, 0.1) is 24.4 Å². The van der Waals surface area contributed by atoms with Crippen LogP contribution in [0.1, 0.15) is 39.0 Å². The third kappa shape index (κ3) is 4.35. The van der Waals surface area contributed by atoms with Crippen molar-refractivity contribution in [3.63, 3.8) is 0 Å². The summed E-state index contributed by atoms with van der Waals surface area (Å²) >= 11 is 7.52. The second-order valence-corrected chi connectivity index (χ2v) is 6.82. The lowest BCUT2D eigenvalue weighted by Crippen LogP contribution is -2.13. The molecule has 0 bridgehead atoms. The van der Waals surface area contributed by atoms with E-state index >= 15 is 0 Å². The molecule has 0 saturated heterocycles. The Labute approximate surface area is 164 Å². The minimum atomic E-state index is -0.529. The molecule has 0 atom stereocenters. The van der Waals surface area contributed by atoms with Gasteiger partial charge in [-0.25, -0.2) is 14.5 Å². The minimum absolute atomic E-state index is 0.153. The normalized spacial score (nSPS) is 10.6. The van der Waals surface area contributed by atoms with Crippen molar-refractivity contribution in [1.29, 1.82) is 0 Å². The van der Waals surface area contributed by atoms with Crippen LogP contribution in [0.25, 0.3) is 0 Å². The van der Waals surface area contributed by atoms with Gasteiger partial charge in [-0.2, -0.15) is 5.10 Å². The van der Waals surface area contributed by atoms with E-state index in [1.54, 1.807) is 18.5 Å². The van der Waals surface area contributed by atoms with Crippen molar-refractivity contribution in [2.24, 2.45) is 0 Å². The van der Waals surface area contributed by atoms with E-state index in [1.807, 2.05) is 30.3 Å². The van der Waals surface area contributed by atoms with Crippen molar-refractivity contribution in [3.8, 4) is 0 Å². The van der Waals surface area contributed by atoms with Gasteiger partial charge < -0.3 is 4.74 Å². The number of hydrogen-bond acceptors (Lipinski definition) is 6. The van der Waals surface area contributed by atoms with Gasteiger partial charge in [0.25, 0.3) is 5.91 Å². The molecule has 0 saturated carbocycles. The summed E-state index contributed by atoms with van der Waals surface area (Å²) in [5.41, 5.74) is 1.96. The van der Waals surface area contributed by atoms with Crippen molar-refractivity contribution in [3.05, 3.63) is 63.4 Å². The van der Waals surface area contributed by atoms with Gasteiger partial charge in [0.2, 0.25) is 0 Å². The van der Waals surface area contributed by atoms with Crippen LogP contribution in [0.2, 0.25) is 5.15 Å². The summed E-state index contributed by atoms with van der Waals surface area (Å²) in [5, 5.41) is 9.08. The zero-order chi connectivity index (χ0) is 19.4. The molecule has 3 aromatic rings. The fraction of sp³-hybridized carbons (Fsp3) is 0.222. The van der Waals surface area contributed by atoms with Crippen molar-refractivity contribution in [1.82, 2.24) is 14.8 Å². The molecule has 0 radical (unpaired) electrons. The molecule has 0 unspecified atom stereocenters. The first kappa shape index (κ1) is 19.1. The van der Waals surface area contributed by atoms with Gasteiger partial charge in [-0.15, -0.1) is 11.3 Å². The Balaban J connectivity index is 1.76. The molecule has 2 aromatic heterocycles. The van der Waals surface area contributed by atoms with E-state index in [1.165, 1.54) is 5.38 Å². The summed E-state index contributed by atoms with van der Waals surface area (Å²) in [6.07, 6.45) is 0. The highest BCUT2D eigenvalue weighted by molar-refractivity contribution is 7.14. The Morgan fingerprint density at radius 2 is 2.04 bits per heavy atom. The second-order valence-electron chi connectivity index (χ2n) is 5.61. The zero-order valence-corrected chi connectivity index (χ0v) is 16.3. The number of amides is 1. The number of esters is 1. The zero-order valence-electron chi connectivity index (χ0n) is 14.7. The molecule has 0 spiro atoms. The molecule has 1 amide bonds. The van der Waals surface area contributed by atoms with E-state index in [0.29, 0.717) is 12.2 Å². The number of aryl methyl sites for hydroxylation is 1. The highest BCUT2D eigenvalue weighted by Gasteiger charge is 2.22. The van der Waals surface area contributed by atoms with E-state index in [-0.39, 0.29) is 28.1 Å². The van der Waals surface area contributed by atoms with Crippen LogP contribution in [0.15, 0.2) is 35.7 Å². The SMILES string of the molecule is CCOC(=O)c1csc(NC(=O)c2c(C)nn(Cc3ccccc3)c2Cl)n1. The molecule has 140 valence electrons. The van der Waals surface area contributed by atoms with Gasteiger partial charge in [-0.3, -0.25) is 10.1 Å². The largest absolute Gasteiger partial charge is 0.461 e. The summed E-state index contributed by atoms with van der Waals surface area (Å²) in [5.74, 6) is -0.958. The van der Waals surface area contributed by atoms with Gasteiger partial charge in [0.15, 0.2) is 10.8 Å². The molecule has 0 aliphatic carbocycles. The van der Waals surface area contributed by atoms with Crippen LogP contribution in [0, 0.1) is 6.92 Å². The van der Waals surface area contributed by atoms with Crippen LogP contribution in [-0.4, -0.2) is 33.2 Å². The number of carbonyl (C=O) groups is 2. The molecule has 7 nitrogen and oxygen atoms in total. The molecule has 9 heteroatoms. The first-order valence-corrected chi connectivity index (χ1v) is 9.46. The number of benzene rings is 1. The van der Waals surface area contributed by atoms with E-state index in [2.05, 4.69) is 15.4 Å². The van der Waals surface area contributed by atoms with Crippen molar-refractivity contribution >= 4 is 39.9 Å². The Kier molecular flexibility index (Phi) is 5.88. The van der Waals surface area contributed by atoms with Gasteiger partial charge in [-0.1, -0.05) is 41.9 Å². The lowest BCUT2D eigenvalue weighted by atomic mass is 10.2. The molecule has 1 N–H and O–H groups in total. The maximum Gasteiger partial charge on any atom is 0.357 e. The number of ether oxygens (including phenoxy) is 1. The maximum absolute atomic E-state index is 12.6. The van der Waals surface area contributed by atoms with E-state index < -0.39 is 11.9 Å². The molecule has 27 heavy (non-hydrogen) atoms. The van der Waals surface area contributed by atoms with E-state index in [9.17, 15) is 9.59 Å². The van der Waals surface area contributed by atoms with Crippen LogP contribution < -0.4 is 5.32 Å². The molecule has 2 heterocycles. The average molecular weight is 405 g/mol. The highest BCUT2D eigenvalue weighted by Crippen LogP contribution is 2.23. The monoisotopic (exact) mass is 404 g/mol. The molecule has 1 aromatic carbocycles.